The average molecular weight is 257 g/mol. The van der Waals surface area contributed by atoms with E-state index in [0.29, 0.717) is 6.54 Å². The molecule has 3 N–H and O–H groups in total. The maximum absolute atomic E-state index is 9.94. The molecule has 100 valence electrons. The average Bonchev–Trinajstić information content (AvgIpc) is 2.49. The zero-order valence-electron chi connectivity index (χ0n) is 10.7. The molecule has 0 saturated heterocycles. The highest BCUT2D eigenvalue weighted by atomic mass is 16.3. The highest BCUT2D eigenvalue weighted by molar-refractivity contribution is 5.21. The van der Waals surface area contributed by atoms with Crippen LogP contribution in [0.15, 0.2) is 60.7 Å². The van der Waals surface area contributed by atoms with Crippen molar-refractivity contribution in [3.05, 3.63) is 71.8 Å². The fourth-order valence-corrected chi connectivity index (χ4v) is 2.07. The fraction of sp³-hybridized carbons (Fsp3) is 0.250. The first kappa shape index (κ1) is 13.7. The van der Waals surface area contributed by atoms with Gasteiger partial charge in [0.15, 0.2) is 0 Å². The lowest BCUT2D eigenvalue weighted by molar-refractivity contribution is 0.0618. The van der Waals surface area contributed by atoms with Crippen LogP contribution in [-0.4, -0.2) is 22.9 Å². The Morgan fingerprint density at radius 2 is 1.47 bits per heavy atom. The number of benzene rings is 2. The van der Waals surface area contributed by atoms with Gasteiger partial charge in [-0.05, 0) is 11.1 Å². The van der Waals surface area contributed by atoms with Gasteiger partial charge in [-0.15, -0.1) is 0 Å². The van der Waals surface area contributed by atoms with Crippen molar-refractivity contribution in [2.45, 2.75) is 18.7 Å². The van der Waals surface area contributed by atoms with Crippen LogP contribution < -0.4 is 5.32 Å². The van der Waals surface area contributed by atoms with Gasteiger partial charge in [0.1, 0.15) is 0 Å². The Labute approximate surface area is 113 Å². The maximum Gasteiger partial charge on any atom is 0.0965 e. The lowest BCUT2D eigenvalue weighted by Gasteiger charge is -2.23. The molecule has 2 rings (SSSR count). The van der Waals surface area contributed by atoms with Crippen LogP contribution >= 0.6 is 0 Å². The third kappa shape index (κ3) is 3.89. The Balaban J connectivity index is 2.07. The molecule has 0 unspecified atom stereocenters. The van der Waals surface area contributed by atoms with Gasteiger partial charge in [-0.2, -0.15) is 0 Å². The first-order valence-corrected chi connectivity index (χ1v) is 6.42. The third-order valence-electron chi connectivity index (χ3n) is 3.10. The van der Waals surface area contributed by atoms with Gasteiger partial charge in [0.2, 0.25) is 0 Å². The van der Waals surface area contributed by atoms with E-state index in [1.807, 2.05) is 60.7 Å². The van der Waals surface area contributed by atoms with Gasteiger partial charge in [-0.25, -0.2) is 0 Å². The van der Waals surface area contributed by atoms with E-state index in [-0.39, 0.29) is 12.6 Å². The van der Waals surface area contributed by atoms with Gasteiger partial charge >= 0.3 is 0 Å². The number of hydrogen-bond acceptors (Lipinski definition) is 3. The van der Waals surface area contributed by atoms with Gasteiger partial charge in [-0.1, -0.05) is 60.7 Å². The van der Waals surface area contributed by atoms with E-state index in [1.165, 1.54) is 0 Å². The topological polar surface area (TPSA) is 52.5 Å². The van der Waals surface area contributed by atoms with Gasteiger partial charge in [0.05, 0.1) is 18.8 Å². The minimum Gasteiger partial charge on any atom is -0.394 e. The molecular formula is C16H19NO2. The predicted molar refractivity (Wildman–Crippen MR) is 75.6 cm³/mol. The molecule has 0 aromatic heterocycles. The highest BCUT2D eigenvalue weighted by Crippen LogP contribution is 2.17. The lowest BCUT2D eigenvalue weighted by atomic mass is 10.0. The molecule has 0 bridgehead atoms. The van der Waals surface area contributed by atoms with E-state index in [9.17, 15) is 10.2 Å². The molecule has 0 spiro atoms. The predicted octanol–water partition coefficient (Wildman–Crippen LogP) is 1.87. The normalized spacial score (nSPS) is 14.0. The molecule has 2 aromatic rings. The maximum atomic E-state index is 9.94. The Morgan fingerprint density at radius 1 is 0.895 bits per heavy atom. The number of aliphatic hydroxyl groups excluding tert-OH is 2. The Morgan fingerprint density at radius 3 is 2.05 bits per heavy atom. The third-order valence-corrected chi connectivity index (χ3v) is 3.10. The lowest BCUT2D eigenvalue weighted by Crippen LogP contribution is -2.34. The van der Waals surface area contributed by atoms with Crippen molar-refractivity contribution in [1.29, 1.82) is 0 Å². The van der Waals surface area contributed by atoms with E-state index in [1.54, 1.807) is 0 Å². The standard InChI is InChI=1S/C16H19NO2/c18-12-15(19)16(14-9-5-2-6-10-14)17-11-13-7-3-1-4-8-13/h1-10,15-19H,11-12H2/t15-,16-/m1/s1. The summed E-state index contributed by atoms with van der Waals surface area (Å²) in [4.78, 5) is 0. The van der Waals surface area contributed by atoms with Gasteiger partial charge in [0.25, 0.3) is 0 Å². The van der Waals surface area contributed by atoms with E-state index < -0.39 is 6.10 Å². The van der Waals surface area contributed by atoms with Crippen molar-refractivity contribution < 1.29 is 10.2 Å². The number of nitrogens with one attached hydrogen (secondary N) is 1. The minimum absolute atomic E-state index is 0.263. The summed E-state index contributed by atoms with van der Waals surface area (Å²) in [7, 11) is 0. The van der Waals surface area contributed by atoms with Crippen molar-refractivity contribution in [2.24, 2.45) is 0 Å². The molecule has 2 atom stereocenters. The molecule has 0 fully saturated rings. The summed E-state index contributed by atoms with van der Waals surface area (Å²) >= 11 is 0. The second kappa shape index (κ2) is 7.04. The number of rotatable bonds is 6. The molecule has 0 heterocycles. The molecule has 0 amide bonds. The van der Waals surface area contributed by atoms with Crippen LogP contribution in [-0.2, 0) is 6.54 Å². The Hall–Kier alpha value is -1.68. The SMILES string of the molecule is OC[C@@H](O)[C@H](NCc1ccccc1)c1ccccc1. The highest BCUT2D eigenvalue weighted by Gasteiger charge is 2.19. The van der Waals surface area contributed by atoms with Crippen molar-refractivity contribution in [2.75, 3.05) is 6.61 Å². The summed E-state index contributed by atoms with van der Waals surface area (Å²) < 4.78 is 0. The quantitative estimate of drug-likeness (QED) is 0.740. The number of aliphatic hydroxyl groups is 2. The molecule has 0 aliphatic rings. The molecule has 19 heavy (non-hydrogen) atoms. The van der Waals surface area contributed by atoms with Gasteiger partial charge < -0.3 is 15.5 Å². The van der Waals surface area contributed by atoms with E-state index >= 15 is 0 Å². The first-order chi connectivity index (χ1) is 9.31. The zero-order valence-corrected chi connectivity index (χ0v) is 10.7. The van der Waals surface area contributed by atoms with Gasteiger partial charge in [0, 0.05) is 6.54 Å². The molecule has 0 saturated carbocycles. The van der Waals surface area contributed by atoms with Crippen LogP contribution in [0, 0.1) is 0 Å². The first-order valence-electron chi connectivity index (χ1n) is 6.42. The molecule has 2 aromatic carbocycles. The molecule has 0 aliphatic heterocycles. The second-order valence-electron chi connectivity index (χ2n) is 4.50. The Bertz CT molecular complexity index is 473. The summed E-state index contributed by atoms with van der Waals surface area (Å²) in [6.07, 6.45) is -0.814. The number of hydrogen-bond donors (Lipinski definition) is 3. The second-order valence-corrected chi connectivity index (χ2v) is 4.50. The minimum atomic E-state index is -0.814. The monoisotopic (exact) mass is 257 g/mol. The summed E-state index contributed by atoms with van der Waals surface area (Å²) in [5.74, 6) is 0. The fourth-order valence-electron chi connectivity index (χ4n) is 2.07. The molecule has 0 aliphatic carbocycles. The smallest absolute Gasteiger partial charge is 0.0965 e. The van der Waals surface area contributed by atoms with Crippen molar-refractivity contribution in [1.82, 2.24) is 5.32 Å². The van der Waals surface area contributed by atoms with E-state index in [0.717, 1.165) is 11.1 Å². The largest absolute Gasteiger partial charge is 0.394 e. The van der Waals surface area contributed by atoms with Crippen molar-refractivity contribution in [3.8, 4) is 0 Å². The summed E-state index contributed by atoms with van der Waals surface area (Å²) in [6, 6.07) is 19.4. The van der Waals surface area contributed by atoms with Gasteiger partial charge in [-0.3, -0.25) is 0 Å². The van der Waals surface area contributed by atoms with E-state index in [2.05, 4.69) is 5.32 Å². The van der Waals surface area contributed by atoms with E-state index in [4.69, 9.17) is 0 Å². The van der Waals surface area contributed by atoms with Crippen LogP contribution in [0.25, 0.3) is 0 Å². The van der Waals surface area contributed by atoms with Crippen LogP contribution in [0.2, 0.25) is 0 Å². The molecule has 3 heteroatoms. The van der Waals surface area contributed by atoms with Crippen LogP contribution in [0.5, 0.6) is 0 Å². The van der Waals surface area contributed by atoms with Crippen LogP contribution in [0.4, 0.5) is 0 Å². The van der Waals surface area contributed by atoms with Crippen molar-refractivity contribution in [3.63, 3.8) is 0 Å². The van der Waals surface area contributed by atoms with Crippen molar-refractivity contribution >= 4 is 0 Å². The molecule has 0 radical (unpaired) electrons. The molecular weight excluding hydrogens is 238 g/mol. The summed E-state index contributed by atoms with van der Waals surface area (Å²) in [5, 5.41) is 22.4. The Kier molecular flexibility index (Phi) is 5.10. The zero-order chi connectivity index (χ0) is 13.5. The van der Waals surface area contributed by atoms with Crippen LogP contribution in [0.3, 0.4) is 0 Å². The summed E-state index contributed by atoms with van der Waals surface area (Å²) in [6.45, 7) is 0.388. The van der Waals surface area contributed by atoms with Crippen LogP contribution in [0.1, 0.15) is 17.2 Å². The molecule has 3 nitrogen and oxygen atoms in total. The summed E-state index contributed by atoms with van der Waals surface area (Å²) in [5.41, 5.74) is 2.12.